The molecule has 0 saturated heterocycles. The summed E-state index contributed by atoms with van der Waals surface area (Å²) in [6.45, 7) is 13.1. The lowest BCUT2D eigenvalue weighted by atomic mass is 10.1. The minimum absolute atomic E-state index is 0.0270. The van der Waals surface area contributed by atoms with E-state index >= 15 is 0 Å². The number of carboxylic acids is 1. The molecule has 24 heavy (non-hydrogen) atoms. The minimum Gasteiger partial charge on any atom is -0.476 e. The monoisotopic (exact) mass is 417 g/mol. The number of rotatable bonds is 8. The van der Waals surface area contributed by atoms with Crippen molar-refractivity contribution >= 4 is 30.2 Å². The fourth-order valence-corrected chi connectivity index (χ4v) is 3.56. The van der Waals surface area contributed by atoms with Crippen LogP contribution in [0.25, 0.3) is 0 Å². The number of hydrogen-bond acceptors (Lipinski definition) is 4. The predicted octanol–water partition coefficient (Wildman–Crippen LogP) is 5.38. The van der Waals surface area contributed by atoms with Gasteiger partial charge in [-0.1, -0.05) is 36.7 Å². The van der Waals surface area contributed by atoms with Crippen LogP contribution in [0.4, 0.5) is 0 Å². The first-order chi connectivity index (χ1) is 10.9. The number of hydrogen-bond donors (Lipinski definition) is 1. The number of aromatic carboxylic acids is 1. The summed E-state index contributed by atoms with van der Waals surface area (Å²) >= 11 is 3.49. The number of aryl methyl sites for hydroxylation is 1. The van der Waals surface area contributed by atoms with Crippen molar-refractivity contribution in [2.24, 2.45) is 0 Å². The van der Waals surface area contributed by atoms with E-state index in [4.69, 9.17) is 13.9 Å². The first-order valence-corrected chi connectivity index (χ1v) is 11.8. The summed E-state index contributed by atoms with van der Waals surface area (Å²) in [6, 6.07) is 0. The van der Waals surface area contributed by atoms with E-state index in [-0.39, 0.29) is 16.8 Å². The molecule has 0 saturated carbocycles. The first kappa shape index (κ1) is 21.1. The molecule has 0 fully saturated rings. The second kappa shape index (κ2) is 8.45. The Bertz CT molecular complexity index is 586. The zero-order valence-electron chi connectivity index (χ0n) is 15.4. The average molecular weight is 418 g/mol. The van der Waals surface area contributed by atoms with E-state index in [9.17, 15) is 4.79 Å². The topological polar surface area (TPSA) is 72.6 Å². The van der Waals surface area contributed by atoms with Crippen molar-refractivity contribution in [2.75, 3.05) is 0 Å². The van der Waals surface area contributed by atoms with Crippen molar-refractivity contribution in [1.29, 1.82) is 0 Å². The zero-order chi connectivity index (χ0) is 18.5. The molecule has 0 aliphatic heterocycles. The van der Waals surface area contributed by atoms with E-state index in [1.54, 1.807) is 0 Å². The lowest BCUT2D eigenvalue weighted by Gasteiger charge is -2.38. The Hall–Kier alpha value is -0.923. The molecule has 1 aromatic rings. The quantitative estimate of drug-likeness (QED) is 0.574. The fourth-order valence-electron chi connectivity index (χ4n) is 1.97. The Morgan fingerprint density at radius 2 is 2.12 bits per heavy atom. The third-order valence-corrected chi connectivity index (χ3v) is 9.09. The summed E-state index contributed by atoms with van der Waals surface area (Å²) in [5.41, 5.74) is -0.0460. The Labute approximate surface area is 153 Å². The van der Waals surface area contributed by atoms with E-state index in [0.717, 1.165) is 17.3 Å². The standard InChI is InChI=1S/C17H28BrNO4Si/c1-12(18)10-13(23-24(5,6)17(2,3)4)8-7-9-15-19-14(11-22-15)16(20)21/h10-11,13H,7-9H2,1-6H3,(H,20,21)/b12-10+/t13-/m0/s1. The molecule has 7 heteroatoms. The third-order valence-electron chi connectivity index (χ3n) is 4.32. The van der Waals surface area contributed by atoms with Gasteiger partial charge in [-0.15, -0.1) is 0 Å². The number of aromatic nitrogens is 1. The van der Waals surface area contributed by atoms with Crippen molar-refractivity contribution in [2.45, 2.75) is 71.2 Å². The zero-order valence-corrected chi connectivity index (χ0v) is 17.9. The SMILES string of the molecule is C/C(Br)=C\[C@H](CCCc1nc(C(=O)O)co1)O[Si](C)(C)C(C)(C)C. The lowest BCUT2D eigenvalue weighted by Crippen LogP contribution is -2.43. The molecule has 1 heterocycles. The highest BCUT2D eigenvalue weighted by Crippen LogP contribution is 2.38. The maximum Gasteiger partial charge on any atom is 0.357 e. The number of nitrogens with zero attached hydrogens (tertiary/aromatic N) is 1. The molecule has 0 aliphatic rings. The summed E-state index contributed by atoms with van der Waals surface area (Å²) in [6.07, 6.45) is 5.55. The van der Waals surface area contributed by atoms with Gasteiger partial charge in [-0.2, -0.15) is 0 Å². The van der Waals surface area contributed by atoms with Gasteiger partial charge >= 0.3 is 5.97 Å². The first-order valence-electron chi connectivity index (χ1n) is 8.12. The Balaban J connectivity index is 2.66. The molecule has 0 radical (unpaired) electrons. The van der Waals surface area contributed by atoms with E-state index in [1.165, 1.54) is 6.26 Å². The highest BCUT2D eigenvalue weighted by Gasteiger charge is 2.38. The molecule has 1 rings (SSSR count). The van der Waals surface area contributed by atoms with Crippen LogP contribution in [-0.2, 0) is 10.8 Å². The summed E-state index contributed by atoms with van der Waals surface area (Å²) in [5, 5.41) is 9.01. The number of carboxylic acid groups (broad SMARTS) is 1. The summed E-state index contributed by atoms with van der Waals surface area (Å²) in [7, 11) is -1.86. The van der Waals surface area contributed by atoms with Crippen LogP contribution in [0.1, 0.15) is 56.9 Å². The molecular formula is C17H28BrNO4Si. The van der Waals surface area contributed by atoms with Gasteiger partial charge in [0.25, 0.3) is 0 Å². The van der Waals surface area contributed by atoms with Gasteiger partial charge in [0.2, 0.25) is 0 Å². The van der Waals surface area contributed by atoms with Gasteiger partial charge in [0.15, 0.2) is 19.9 Å². The van der Waals surface area contributed by atoms with Crippen LogP contribution in [0.15, 0.2) is 21.2 Å². The van der Waals surface area contributed by atoms with Crippen molar-refractivity contribution in [3.8, 4) is 0 Å². The van der Waals surface area contributed by atoms with Gasteiger partial charge in [0.1, 0.15) is 6.26 Å². The van der Waals surface area contributed by atoms with E-state index in [0.29, 0.717) is 12.3 Å². The highest BCUT2D eigenvalue weighted by molar-refractivity contribution is 9.11. The molecule has 0 bridgehead atoms. The normalized spacial score (nSPS) is 14.7. The molecule has 0 unspecified atom stereocenters. The fraction of sp³-hybridized carbons (Fsp3) is 0.647. The van der Waals surface area contributed by atoms with Gasteiger partial charge in [-0.3, -0.25) is 0 Å². The molecule has 0 amide bonds. The predicted molar refractivity (Wildman–Crippen MR) is 101 cm³/mol. The molecule has 1 aromatic heterocycles. The number of halogens is 1. The third kappa shape index (κ3) is 6.53. The van der Waals surface area contributed by atoms with E-state index in [1.807, 2.05) is 6.92 Å². The summed E-state index contributed by atoms with van der Waals surface area (Å²) in [5.74, 6) is -0.611. The molecule has 5 nitrogen and oxygen atoms in total. The number of carbonyl (C=O) groups is 1. The summed E-state index contributed by atoms with van der Waals surface area (Å²) in [4.78, 5) is 14.8. The van der Waals surface area contributed by atoms with Gasteiger partial charge in [0, 0.05) is 6.42 Å². The molecule has 0 aromatic carbocycles. The number of oxazole rings is 1. The van der Waals surface area contributed by atoms with E-state index in [2.05, 4.69) is 60.9 Å². The van der Waals surface area contributed by atoms with Crippen LogP contribution in [-0.4, -0.2) is 30.5 Å². The Kier molecular flexibility index (Phi) is 7.43. The van der Waals surface area contributed by atoms with Crippen LogP contribution in [0.5, 0.6) is 0 Å². The Morgan fingerprint density at radius 1 is 1.50 bits per heavy atom. The largest absolute Gasteiger partial charge is 0.476 e. The van der Waals surface area contributed by atoms with E-state index < -0.39 is 14.3 Å². The summed E-state index contributed by atoms with van der Waals surface area (Å²) < 4.78 is 12.7. The van der Waals surface area contributed by atoms with Crippen LogP contribution in [0, 0.1) is 0 Å². The molecule has 0 spiro atoms. The highest BCUT2D eigenvalue weighted by atomic mass is 79.9. The van der Waals surface area contributed by atoms with Crippen molar-refractivity contribution in [3.05, 3.63) is 28.4 Å². The van der Waals surface area contributed by atoms with Gasteiger partial charge in [-0.05, 0) is 48.5 Å². The Morgan fingerprint density at radius 3 is 2.58 bits per heavy atom. The lowest BCUT2D eigenvalue weighted by molar-refractivity contribution is 0.0690. The average Bonchev–Trinajstić information content (AvgIpc) is 2.85. The van der Waals surface area contributed by atoms with Crippen LogP contribution >= 0.6 is 15.9 Å². The van der Waals surface area contributed by atoms with Gasteiger partial charge in [-0.25, -0.2) is 9.78 Å². The molecular weight excluding hydrogens is 390 g/mol. The number of allylic oxidation sites excluding steroid dienone is 1. The van der Waals surface area contributed by atoms with Gasteiger partial charge < -0.3 is 13.9 Å². The van der Waals surface area contributed by atoms with Crippen molar-refractivity contribution in [3.63, 3.8) is 0 Å². The van der Waals surface area contributed by atoms with Crippen molar-refractivity contribution < 1.29 is 18.7 Å². The van der Waals surface area contributed by atoms with Crippen LogP contribution < -0.4 is 0 Å². The second-order valence-electron chi connectivity index (χ2n) is 7.49. The molecule has 1 atom stereocenters. The maximum atomic E-state index is 10.8. The van der Waals surface area contributed by atoms with Crippen LogP contribution in [0.3, 0.4) is 0 Å². The molecule has 136 valence electrons. The van der Waals surface area contributed by atoms with Crippen LogP contribution in [0.2, 0.25) is 18.1 Å². The van der Waals surface area contributed by atoms with Crippen molar-refractivity contribution in [1.82, 2.24) is 4.98 Å². The maximum absolute atomic E-state index is 10.8. The van der Waals surface area contributed by atoms with Gasteiger partial charge in [0.05, 0.1) is 6.10 Å². The second-order valence-corrected chi connectivity index (χ2v) is 13.5. The molecule has 0 aliphatic carbocycles. The minimum atomic E-state index is -1.86. The smallest absolute Gasteiger partial charge is 0.357 e. The molecule has 1 N–H and O–H groups in total.